The minimum atomic E-state index is 0.805. The van der Waals surface area contributed by atoms with Gasteiger partial charge in [0.1, 0.15) is 5.52 Å². The summed E-state index contributed by atoms with van der Waals surface area (Å²) < 4.78 is 1.77. The van der Waals surface area contributed by atoms with E-state index in [-0.39, 0.29) is 0 Å². The van der Waals surface area contributed by atoms with Crippen LogP contribution in [0.1, 0.15) is 0 Å². The van der Waals surface area contributed by atoms with Crippen molar-refractivity contribution in [2.24, 2.45) is 0 Å². The quantitative estimate of drug-likeness (QED) is 0.457. The van der Waals surface area contributed by atoms with E-state index in [0.717, 1.165) is 27.7 Å². The first-order chi connectivity index (χ1) is 8.42. The summed E-state index contributed by atoms with van der Waals surface area (Å²) in [6.45, 7) is 0. The summed E-state index contributed by atoms with van der Waals surface area (Å²) in [6, 6.07) is 13.9. The highest BCUT2D eigenvalue weighted by atomic mass is 15.3. The zero-order valence-electron chi connectivity index (χ0n) is 8.91. The number of imidazole rings is 1. The van der Waals surface area contributed by atoms with E-state index in [1.165, 1.54) is 0 Å². The molecule has 0 aliphatic heterocycles. The molecule has 0 N–H and O–H groups in total. The summed E-state index contributed by atoms with van der Waals surface area (Å²) >= 11 is 0. The number of aromatic nitrogens is 4. The molecule has 3 heterocycles. The van der Waals surface area contributed by atoms with Gasteiger partial charge in [-0.15, -0.1) is 0 Å². The molecular weight excluding hydrogens is 212 g/mol. The number of nitrogens with zero attached hydrogens (tertiary/aromatic N) is 4. The van der Waals surface area contributed by atoms with Crippen molar-refractivity contribution in [1.29, 1.82) is 0 Å². The molecule has 4 heteroatoms. The maximum absolute atomic E-state index is 4.60. The van der Waals surface area contributed by atoms with Crippen molar-refractivity contribution in [2.45, 2.75) is 0 Å². The largest absolute Gasteiger partial charge is 0.227 e. The summed E-state index contributed by atoms with van der Waals surface area (Å²) in [6.07, 6.45) is 1.74. The van der Waals surface area contributed by atoms with Crippen molar-refractivity contribution in [2.75, 3.05) is 0 Å². The zero-order valence-corrected chi connectivity index (χ0v) is 8.91. The van der Waals surface area contributed by atoms with Gasteiger partial charge >= 0.3 is 0 Å². The van der Waals surface area contributed by atoms with Gasteiger partial charge in [0.05, 0.1) is 5.52 Å². The molecular formula is C13H8N4. The molecule has 80 valence electrons. The lowest BCUT2D eigenvalue weighted by atomic mass is 10.2. The molecule has 0 spiro atoms. The van der Waals surface area contributed by atoms with Gasteiger partial charge in [0.25, 0.3) is 0 Å². The van der Waals surface area contributed by atoms with E-state index in [2.05, 4.69) is 15.1 Å². The van der Waals surface area contributed by atoms with Crippen LogP contribution in [0, 0.1) is 0 Å². The van der Waals surface area contributed by atoms with Crippen molar-refractivity contribution in [3.8, 4) is 0 Å². The number of para-hydroxylation sites is 1. The van der Waals surface area contributed by atoms with Gasteiger partial charge in [-0.05, 0) is 24.3 Å². The molecule has 0 atom stereocenters. The number of rotatable bonds is 0. The lowest BCUT2D eigenvalue weighted by Gasteiger charge is -1.96. The monoisotopic (exact) mass is 220 g/mol. The van der Waals surface area contributed by atoms with Gasteiger partial charge in [0.15, 0.2) is 11.3 Å². The van der Waals surface area contributed by atoms with Crippen LogP contribution in [0.3, 0.4) is 0 Å². The molecule has 0 unspecified atom stereocenters. The van der Waals surface area contributed by atoms with E-state index < -0.39 is 0 Å². The van der Waals surface area contributed by atoms with Crippen LogP contribution >= 0.6 is 0 Å². The topological polar surface area (TPSA) is 43.1 Å². The van der Waals surface area contributed by atoms with Crippen molar-refractivity contribution < 1.29 is 0 Å². The van der Waals surface area contributed by atoms with Gasteiger partial charge in [-0.3, -0.25) is 0 Å². The first-order valence-electron chi connectivity index (χ1n) is 5.41. The average molecular weight is 220 g/mol. The molecule has 0 fully saturated rings. The molecule has 4 aromatic rings. The Morgan fingerprint density at radius 3 is 2.82 bits per heavy atom. The molecule has 0 aliphatic carbocycles. The highest BCUT2D eigenvalue weighted by molar-refractivity contribution is 5.90. The minimum Gasteiger partial charge on any atom is -0.227 e. The van der Waals surface area contributed by atoms with Crippen molar-refractivity contribution in [3.05, 3.63) is 48.7 Å². The lowest BCUT2D eigenvalue weighted by molar-refractivity contribution is 0.953. The maximum atomic E-state index is 4.60. The summed E-state index contributed by atoms with van der Waals surface area (Å²) in [5.41, 5.74) is 3.47. The summed E-state index contributed by atoms with van der Waals surface area (Å²) in [4.78, 5) is 9.11. The summed E-state index contributed by atoms with van der Waals surface area (Å²) in [5, 5.41) is 5.37. The molecule has 4 rings (SSSR count). The molecule has 1 aromatic carbocycles. The number of pyridine rings is 1. The molecule has 0 saturated heterocycles. The third kappa shape index (κ3) is 1.15. The first-order valence-corrected chi connectivity index (χ1v) is 5.41. The Bertz CT molecular complexity index is 842. The third-order valence-electron chi connectivity index (χ3n) is 2.85. The molecule has 4 nitrogen and oxygen atoms in total. The normalized spacial score (nSPS) is 11.5. The second kappa shape index (κ2) is 3.01. The van der Waals surface area contributed by atoms with Gasteiger partial charge in [-0.2, -0.15) is 9.61 Å². The second-order valence-electron chi connectivity index (χ2n) is 3.93. The fourth-order valence-corrected chi connectivity index (χ4v) is 2.07. The van der Waals surface area contributed by atoms with Crippen LogP contribution in [0.4, 0.5) is 0 Å². The number of benzene rings is 1. The Hall–Kier alpha value is -2.49. The predicted molar refractivity (Wildman–Crippen MR) is 65.8 cm³/mol. The van der Waals surface area contributed by atoms with E-state index in [1.807, 2.05) is 42.5 Å². The van der Waals surface area contributed by atoms with Crippen molar-refractivity contribution >= 4 is 27.7 Å². The standard InChI is InChI=1S/C13H8N4/c1-2-5-10-9(4-1)8-11-13(16-10)17-12(15-11)6-3-7-14-17/h1-8H. The molecule has 3 aromatic heterocycles. The number of hydrogen-bond acceptors (Lipinski definition) is 3. The van der Waals surface area contributed by atoms with Crippen LogP contribution in [0.25, 0.3) is 27.7 Å². The van der Waals surface area contributed by atoms with E-state index >= 15 is 0 Å². The Balaban J connectivity index is 2.28. The fourth-order valence-electron chi connectivity index (χ4n) is 2.07. The van der Waals surface area contributed by atoms with Crippen molar-refractivity contribution in [1.82, 2.24) is 19.6 Å². The number of fused-ring (bicyclic) bond motifs is 4. The molecule has 0 saturated carbocycles. The average Bonchev–Trinajstić information content (AvgIpc) is 2.73. The van der Waals surface area contributed by atoms with Crippen LogP contribution in [0.2, 0.25) is 0 Å². The number of hydrogen-bond donors (Lipinski definition) is 0. The molecule has 0 amide bonds. The summed E-state index contributed by atoms with van der Waals surface area (Å²) in [5.74, 6) is 0. The first kappa shape index (κ1) is 8.64. The predicted octanol–water partition coefficient (Wildman–Crippen LogP) is 2.43. The Kier molecular flexibility index (Phi) is 1.53. The molecule has 0 bridgehead atoms. The van der Waals surface area contributed by atoms with Crippen molar-refractivity contribution in [3.63, 3.8) is 0 Å². The summed E-state index contributed by atoms with van der Waals surface area (Å²) in [7, 11) is 0. The van der Waals surface area contributed by atoms with E-state index in [0.29, 0.717) is 0 Å². The van der Waals surface area contributed by atoms with E-state index in [4.69, 9.17) is 0 Å². The highest BCUT2D eigenvalue weighted by Crippen LogP contribution is 2.19. The molecule has 0 aliphatic rings. The van der Waals surface area contributed by atoms with Crippen LogP contribution in [0.5, 0.6) is 0 Å². The van der Waals surface area contributed by atoms with Crippen LogP contribution < -0.4 is 0 Å². The SMILES string of the molecule is c1ccc2nc3c(cc2c1)nc1cccnn13. The van der Waals surface area contributed by atoms with Crippen LogP contribution in [0.15, 0.2) is 48.7 Å². The van der Waals surface area contributed by atoms with Gasteiger partial charge in [0.2, 0.25) is 0 Å². The highest BCUT2D eigenvalue weighted by Gasteiger charge is 2.07. The van der Waals surface area contributed by atoms with Gasteiger partial charge in [-0.1, -0.05) is 18.2 Å². The van der Waals surface area contributed by atoms with Crippen LogP contribution in [-0.4, -0.2) is 19.6 Å². The Labute approximate surface area is 96.5 Å². The van der Waals surface area contributed by atoms with E-state index in [9.17, 15) is 0 Å². The lowest BCUT2D eigenvalue weighted by Crippen LogP contribution is -1.91. The zero-order chi connectivity index (χ0) is 11.2. The van der Waals surface area contributed by atoms with E-state index in [1.54, 1.807) is 10.7 Å². The second-order valence-corrected chi connectivity index (χ2v) is 3.93. The molecule has 17 heavy (non-hydrogen) atoms. The van der Waals surface area contributed by atoms with Gasteiger partial charge < -0.3 is 0 Å². The Morgan fingerprint density at radius 2 is 1.82 bits per heavy atom. The minimum absolute atomic E-state index is 0.805. The maximum Gasteiger partial charge on any atom is 0.182 e. The third-order valence-corrected chi connectivity index (χ3v) is 2.85. The molecule has 0 radical (unpaired) electrons. The van der Waals surface area contributed by atoms with Gasteiger partial charge in [0, 0.05) is 11.6 Å². The van der Waals surface area contributed by atoms with Gasteiger partial charge in [-0.25, -0.2) is 9.97 Å². The fraction of sp³-hybridized carbons (Fsp3) is 0. The smallest absolute Gasteiger partial charge is 0.182 e. The Morgan fingerprint density at radius 1 is 0.882 bits per heavy atom. The van der Waals surface area contributed by atoms with Crippen LogP contribution in [-0.2, 0) is 0 Å².